The van der Waals surface area contributed by atoms with Crippen LogP contribution in [0.15, 0.2) is 39.9 Å². The molecular formula is C20H23N7O3S. The second-order valence-corrected chi connectivity index (χ2v) is 7.94. The van der Waals surface area contributed by atoms with Crippen LogP contribution in [0, 0.1) is 13.8 Å². The van der Waals surface area contributed by atoms with E-state index in [1.54, 1.807) is 27.5 Å². The minimum absolute atomic E-state index is 0.0619. The summed E-state index contributed by atoms with van der Waals surface area (Å²) in [6, 6.07) is 8.89. The number of hydrogen-bond donors (Lipinski definition) is 1. The van der Waals surface area contributed by atoms with Crippen molar-refractivity contribution in [2.24, 2.45) is 0 Å². The van der Waals surface area contributed by atoms with E-state index < -0.39 is 0 Å². The molecule has 1 fully saturated rings. The first-order valence-electron chi connectivity index (χ1n) is 9.81. The summed E-state index contributed by atoms with van der Waals surface area (Å²) in [5.74, 6) is 1.27. The fourth-order valence-corrected chi connectivity index (χ4v) is 3.95. The molecule has 4 rings (SSSR count). The predicted octanol–water partition coefficient (Wildman–Crippen LogP) is 2.58. The van der Waals surface area contributed by atoms with Crippen molar-refractivity contribution in [3.05, 3.63) is 47.4 Å². The van der Waals surface area contributed by atoms with E-state index in [0.29, 0.717) is 54.1 Å². The number of hydrogen-bond acceptors (Lipinski definition) is 7. The van der Waals surface area contributed by atoms with E-state index in [0.717, 1.165) is 5.69 Å². The van der Waals surface area contributed by atoms with Crippen molar-refractivity contribution in [3.63, 3.8) is 0 Å². The van der Waals surface area contributed by atoms with Crippen LogP contribution in [0.1, 0.15) is 21.9 Å². The molecule has 0 aliphatic carbocycles. The molecule has 0 radical (unpaired) electrons. The zero-order valence-corrected chi connectivity index (χ0v) is 18.3. The van der Waals surface area contributed by atoms with Gasteiger partial charge in [-0.05, 0) is 54.8 Å². The van der Waals surface area contributed by atoms with Gasteiger partial charge in [-0.2, -0.15) is 4.68 Å². The summed E-state index contributed by atoms with van der Waals surface area (Å²) in [5.41, 5.74) is 1.99. The Hall–Kier alpha value is -3.34. The number of piperazine rings is 1. The van der Waals surface area contributed by atoms with Crippen molar-refractivity contribution in [2.75, 3.05) is 37.8 Å². The number of nitrogens with zero attached hydrogens (tertiary/aromatic N) is 6. The minimum Gasteiger partial charge on any atom is -0.466 e. The summed E-state index contributed by atoms with van der Waals surface area (Å²) in [4.78, 5) is 28.9. The SMILES string of the molecule is CSc1nnnn1-c1cccc(NC(=O)N2CCN(C(=O)c3cc(C)oc3C)CC2)c1. The number of carbonyl (C=O) groups excluding carboxylic acids is 2. The van der Waals surface area contributed by atoms with E-state index in [2.05, 4.69) is 20.8 Å². The van der Waals surface area contributed by atoms with Gasteiger partial charge >= 0.3 is 6.03 Å². The Morgan fingerprint density at radius 2 is 1.84 bits per heavy atom. The zero-order valence-electron chi connectivity index (χ0n) is 17.5. The first kappa shape index (κ1) is 20.9. The monoisotopic (exact) mass is 441 g/mol. The maximum absolute atomic E-state index is 12.7. The Kier molecular flexibility index (Phi) is 5.94. The number of rotatable bonds is 4. The minimum atomic E-state index is -0.207. The van der Waals surface area contributed by atoms with Gasteiger partial charge in [-0.1, -0.05) is 17.8 Å². The molecular weight excluding hydrogens is 418 g/mol. The topological polar surface area (TPSA) is 109 Å². The standard InChI is InChI=1S/C20H23N7O3S/c1-13-11-17(14(2)30-13)18(28)25-7-9-26(10-8-25)19(29)21-15-5-4-6-16(12-15)27-20(31-3)22-23-24-27/h4-6,11-12H,7-10H2,1-3H3,(H,21,29). The van der Waals surface area contributed by atoms with Crippen LogP contribution in [-0.2, 0) is 0 Å². The smallest absolute Gasteiger partial charge is 0.321 e. The second-order valence-electron chi connectivity index (χ2n) is 7.16. The van der Waals surface area contributed by atoms with Gasteiger partial charge in [0.05, 0.1) is 11.3 Å². The number of aryl methyl sites for hydroxylation is 2. The van der Waals surface area contributed by atoms with Crippen molar-refractivity contribution in [1.29, 1.82) is 0 Å². The van der Waals surface area contributed by atoms with Gasteiger partial charge in [0.25, 0.3) is 5.91 Å². The van der Waals surface area contributed by atoms with Gasteiger partial charge in [-0.15, -0.1) is 5.10 Å². The Bertz CT molecular complexity index is 1100. The van der Waals surface area contributed by atoms with Crippen LogP contribution in [0.4, 0.5) is 10.5 Å². The lowest BCUT2D eigenvalue weighted by Crippen LogP contribution is -2.51. The lowest BCUT2D eigenvalue weighted by Gasteiger charge is -2.34. The lowest BCUT2D eigenvalue weighted by atomic mass is 10.2. The van der Waals surface area contributed by atoms with Crippen LogP contribution in [0.5, 0.6) is 0 Å². The largest absolute Gasteiger partial charge is 0.466 e. The molecule has 1 aliphatic heterocycles. The molecule has 1 N–H and O–H groups in total. The van der Waals surface area contributed by atoms with Gasteiger partial charge < -0.3 is 19.5 Å². The van der Waals surface area contributed by atoms with E-state index in [-0.39, 0.29) is 11.9 Å². The van der Waals surface area contributed by atoms with Crippen LogP contribution in [0.3, 0.4) is 0 Å². The van der Waals surface area contributed by atoms with Crippen molar-refractivity contribution < 1.29 is 14.0 Å². The molecule has 3 aromatic rings. The van der Waals surface area contributed by atoms with Crippen molar-refractivity contribution in [3.8, 4) is 5.69 Å². The van der Waals surface area contributed by atoms with Crippen molar-refractivity contribution in [2.45, 2.75) is 19.0 Å². The fraction of sp³-hybridized carbons (Fsp3) is 0.350. The molecule has 3 amide bonds. The Balaban J connectivity index is 1.37. The quantitative estimate of drug-likeness (QED) is 0.620. The highest BCUT2D eigenvalue weighted by Crippen LogP contribution is 2.20. The van der Waals surface area contributed by atoms with Gasteiger partial charge in [-0.25, -0.2) is 4.79 Å². The molecule has 2 aromatic heterocycles. The molecule has 162 valence electrons. The number of anilines is 1. The molecule has 11 heteroatoms. The molecule has 10 nitrogen and oxygen atoms in total. The summed E-state index contributed by atoms with van der Waals surface area (Å²) in [7, 11) is 0. The third-order valence-corrected chi connectivity index (χ3v) is 5.71. The first-order valence-corrected chi connectivity index (χ1v) is 11.0. The Morgan fingerprint density at radius 1 is 1.10 bits per heavy atom. The van der Waals surface area contributed by atoms with Gasteiger partial charge in [-0.3, -0.25) is 4.79 Å². The number of benzene rings is 1. The molecule has 0 saturated carbocycles. The van der Waals surface area contributed by atoms with Crippen LogP contribution in [0.25, 0.3) is 5.69 Å². The third kappa shape index (κ3) is 4.41. The predicted molar refractivity (Wildman–Crippen MR) is 116 cm³/mol. The van der Waals surface area contributed by atoms with Crippen molar-refractivity contribution >= 4 is 29.4 Å². The number of carbonyl (C=O) groups is 2. The molecule has 3 heterocycles. The number of urea groups is 1. The maximum Gasteiger partial charge on any atom is 0.321 e. The number of amides is 3. The van der Waals surface area contributed by atoms with E-state index in [1.807, 2.05) is 37.4 Å². The zero-order chi connectivity index (χ0) is 22.0. The summed E-state index contributed by atoms with van der Waals surface area (Å²) in [5, 5.41) is 15.2. The molecule has 1 saturated heterocycles. The van der Waals surface area contributed by atoms with E-state index in [1.165, 1.54) is 11.8 Å². The molecule has 0 unspecified atom stereocenters. The van der Waals surface area contributed by atoms with E-state index in [9.17, 15) is 9.59 Å². The number of aromatic nitrogens is 4. The second kappa shape index (κ2) is 8.80. The third-order valence-electron chi connectivity index (χ3n) is 5.09. The summed E-state index contributed by atoms with van der Waals surface area (Å²) in [6.45, 7) is 5.46. The normalized spacial score (nSPS) is 14.0. The highest BCUT2D eigenvalue weighted by molar-refractivity contribution is 7.98. The highest BCUT2D eigenvalue weighted by Gasteiger charge is 2.27. The van der Waals surface area contributed by atoms with Crippen LogP contribution in [-0.4, -0.2) is 74.4 Å². The van der Waals surface area contributed by atoms with E-state index in [4.69, 9.17) is 4.42 Å². The van der Waals surface area contributed by atoms with Crippen LogP contribution in [0.2, 0.25) is 0 Å². The molecule has 1 aromatic carbocycles. The fourth-order valence-electron chi connectivity index (χ4n) is 3.51. The van der Waals surface area contributed by atoms with Gasteiger partial charge in [0.2, 0.25) is 5.16 Å². The summed E-state index contributed by atoms with van der Waals surface area (Å²) in [6.07, 6.45) is 1.90. The van der Waals surface area contributed by atoms with Gasteiger partial charge in [0.1, 0.15) is 11.5 Å². The Labute approximate surface area is 183 Å². The number of tetrazole rings is 1. The van der Waals surface area contributed by atoms with E-state index >= 15 is 0 Å². The first-order chi connectivity index (χ1) is 15.0. The van der Waals surface area contributed by atoms with Gasteiger partial charge in [0.15, 0.2) is 0 Å². The average Bonchev–Trinajstić information content (AvgIpc) is 3.39. The van der Waals surface area contributed by atoms with Crippen LogP contribution < -0.4 is 5.32 Å². The average molecular weight is 442 g/mol. The summed E-state index contributed by atoms with van der Waals surface area (Å²) < 4.78 is 7.08. The molecule has 31 heavy (non-hydrogen) atoms. The summed E-state index contributed by atoms with van der Waals surface area (Å²) >= 11 is 1.44. The lowest BCUT2D eigenvalue weighted by molar-refractivity contribution is 0.0670. The van der Waals surface area contributed by atoms with Crippen molar-refractivity contribution in [1.82, 2.24) is 30.0 Å². The molecule has 0 atom stereocenters. The molecule has 0 bridgehead atoms. The Morgan fingerprint density at radius 3 is 2.52 bits per heavy atom. The number of furan rings is 1. The molecule has 1 aliphatic rings. The van der Waals surface area contributed by atoms with Gasteiger partial charge in [0, 0.05) is 31.9 Å². The maximum atomic E-state index is 12.7. The van der Waals surface area contributed by atoms with Crippen LogP contribution >= 0.6 is 11.8 Å². The molecule has 0 spiro atoms. The highest BCUT2D eigenvalue weighted by atomic mass is 32.2. The number of thioether (sulfide) groups is 1. The number of nitrogens with one attached hydrogen (secondary N) is 1.